The van der Waals surface area contributed by atoms with E-state index < -0.39 is 28.5 Å². The first-order chi connectivity index (χ1) is 17.8. The van der Waals surface area contributed by atoms with Crippen LogP contribution in [0.4, 0.5) is 5.69 Å². The fraction of sp³-hybridized carbons (Fsp3) is 0.462. The first kappa shape index (κ1) is 31.5. The van der Waals surface area contributed by atoms with E-state index in [2.05, 4.69) is 5.32 Å². The summed E-state index contributed by atoms with van der Waals surface area (Å²) in [5.41, 5.74) is 0.689. The SMILES string of the molecule is CC[C@H](C(=O)NCC(C)C)N(Cc1ccc(Cl)cc1Cl)C(=O)CN(c1cc(OC)ccc1OC)S(C)(=O)=O. The van der Waals surface area contributed by atoms with Gasteiger partial charge in [0.1, 0.15) is 24.1 Å². The Morgan fingerprint density at radius 2 is 1.74 bits per heavy atom. The number of carbonyl (C=O) groups excluding carboxylic acids is 2. The van der Waals surface area contributed by atoms with Gasteiger partial charge in [0.2, 0.25) is 21.8 Å². The minimum atomic E-state index is -3.96. The molecule has 0 bridgehead atoms. The van der Waals surface area contributed by atoms with Crippen molar-refractivity contribution in [3.8, 4) is 11.5 Å². The van der Waals surface area contributed by atoms with Gasteiger partial charge in [-0.25, -0.2) is 8.42 Å². The van der Waals surface area contributed by atoms with Crippen LogP contribution < -0.4 is 19.1 Å². The van der Waals surface area contributed by atoms with Crippen molar-refractivity contribution in [1.29, 1.82) is 0 Å². The molecule has 0 aliphatic carbocycles. The molecule has 2 aromatic rings. The predicted octanol–water partition coefficient (Wildman–Crippen LogP) is 4.36. The van der Waals surface area contributed by atoms with Gasteiger partial charge in [0, 0.05) is 29.2 Å². The number of carbonyl (C=O) groups is 2. The zero-order valence-electron chi connectivity index (χ0n) is 22.5. The van der Waals surface area contributed by atoms with Crippen molar-refractivity contribution < 1.29 is 27.5 Å². The van der Waals surface area contributed by atoms with Gasteiger partial charge in [-0.3, -0.25) is 13.9 Å². The molecular weight excluding hydrogens is 553 g/mol. The summed E-state index contributed by atoms with van der Waals surface area (Å²) in [7, 11) is -1.12. The summed E-state index contributed by atoms with van der Waals surface area (Å²) in [5.74, 6) is -0.126. The van der Waals surface area contributed by atoms with Gasteiger partial charge in [0.05, 0.1) is 26.2 Å². The van der Waals surface area contributed by atoms with Crippen molar-refractivity contribution in [3.63, 3.8) is 0 Å². The van der Waals surface area contributed by atoms with E-state index in [1.807, 2.05) is 13.8 Å². The van der Waals surface area contributed by atoms with Crippen LogP contribution in [-0.4, -0.2) is 64.7 Å². The molecule has 38 heavy (non-hydrogen) atoms. The quantitative estimate of drug-likeness (QED) is 0.373. The molecule has 9 nitrogen and oxygen atoms in total. The van der Waals surface area contributed by atoms with E-state index in [1.54, 1.807) is 37.3 Å². The number of hydrogen-bond acceptors (Lipinski definition) is 6. The van der Waals surface area contributed by atoms with Gasteiger partial charge in [0.25, 0.3) is 0 Å². The molecule has 0 heterocycles. The Balaban J connectivity index is 2.55. The van der Waals surface area contributed by atoms with Crippen LogP contribution in [0.15, 0.2) is 36.4 Å². The lowest BCUT2D eigenvalue weighted by Crippen LogP contribution is -2.52. The Kier molecular flexibility index (Phi) is 11.5. The molecule has 0 aromatic heterocycles. The highest BCUT2D eigenvalue weighted by Crippen LogP contribution is 2.34. The molecule has 0 fully saturated rings. The highest BCUT2D eigenvalue weighted by atomic mass is 35.5. The van der Waals surface area contributed by atoms with Crippen LogP contribution in [0.1, 0.15) is 32.8 Å². The zero-order chi connectivity index (χ0) is 28.6. The molecule has 1 atom stereocenters. The number of amides is 2. The number of nitrogens with one attached hydrogen (secondary N) is 1. The normalized spacial score (nSPS) is 12.1. The number of methoxy groups -OCH3 is 2. The van der Waals surface area contributed by atoms with Gasteiger partial charge in [-0.15, -0.1) is 0 Å². The second-order valence-electron chi connectivity index (χ2n) is 9.13. The van der Waals surface area contributed by atoms with Crippen LogP contribution in [0.3, 0.4) is 0 Å². The predicted molar refractivity (Wildman–Crippen MR) is 151 cm³/mol. The first-order valence-corrected chi connectivity index (χ1v) is 14.6. The number of sulfonamides is 1. The second-order valence-corrected chi connectivity index (χ2v) is 11.9. The van der Waals surface area contributed by atoms with Crippen molar-refractivity contribution in [3.05, 3.63) is 52.0 Å². The van der Waals surface area contributed by atoms with E-state index in [0.29, 0.717) is 34.3 Å². The van der Waals surface area contributed by atoms with Crippen molar-refractivity contribution in [1.82, 2.24) is 10.2 Å². The van der Waals surface area contributed by atoms with Crippen LogP contribution in [0.2, 0.25) is 10.0 Å². The Morgan fingerprint density at radius 1 is 1.05 bits per heavy atom. The number of hydrogen-bond donors (Lipinski definition) is 1. The summed E-state index contributed by atoms with van der Waals surface area (Å²) in [6.07, 6.45) is 1.29. The zero-order valence-corrected chi connectivity index (χ0v) is 24.8. The smallest absolute Gasteiger partial charge is 0.244 e. The Morgan fingerprint density at radius 3 is 2.26 bits per heavy atom. The van der Waals surface area contributed by atoms with E-state index in [0.717, 1.165) is 10.6 Å². The molecule has 0 unspecified atom stereocenters. The number of ether oxygens (including phenoxy) is 2. The summed E-state index contributed by atoms with van der Waals surface area (Å²) in [5, 5.41) is 3.62. The fourth-order valence-electron chi connectivity index (χ4n) is 3.76. The van der Waals surface area contributed by atoms with Crippen LogP contribution in [-0.2, 0) is 26.2 Å². The molecule has 210 valence electrons. The summed E-state index contributed by atoms with van der Waals surface area (Å²) >= 11 is 12.4. The van der Waals surface area contributed by atoms with Gasteiger partial charge in [-0.2, -0.15) is 0 Å². The molecule has 2 rings (SSSR count). The molecule has 2 amide bonds. The molecule has 2 aromatic carbocycles. The molecule has 0 aliphatic rings. The second kappa shape index (κ2) is 13.9. The minimum Gasteiger partial charge on any atom is -0.497 e. The molecule has 0 spiro atoms. The van der Waals surface area contributed by atoms with Crippen LogP contribution in [0, 0.1) is 5.92 Å². The third-order valence-corrected chi connectivity index (χ3v) is 7.47. The van der Waals surface area contributed by atoms with Crippen molar-refractivity contribution in [2.75, 3.05) is 37.9 Å². The van der Waals surface area contributed by atoms with E-state index in [4.69, 9.17) is 32.7 Å². The first-order valence-electron chi connectivity index (χ1n) is 12.0. The molecule has 0 radical (unpaired) electrons. The maximum absolute atomic E-state index is 13.9. The topological polar surface area (TPSA) is 105 Å². The molecular formula is C26H35Cl2N3O6S. The fourth-order valence-corrected chi connectivity index (χ4v) is 5.08. The highest BCUT2D eigenvalue weighted by Gasteiger charge is 2.33. The van der Waals surface area contributed by atoms with Gasteiger partial charge >= 0.3 is 0 Å². The van der Waals surface area contributed by atoms with Crippen molar-refractivity contribution in [2.45, 2.75) is 39.8 Å². The molecule has 0 saturated heterocycles. The lowest BCUT2D eigenvalue weighted by Gasteiger charge is -2.33. The van der Waals surface area contributed by atoms with E-state index >= 15 is 0 Å². The average Bonchev–Trinajstić information content (AvgIpc) is 2.85. The maximum atomic E-state index is 13.9. The van der Waals surface area contributed by atoms with E-state index in [1.165, 1.54) is 25.2 Å². The monoisotopic (exact) mass is 587 g/mol. The average molecular weight is 589 g/mol. The largest absolute Gasteiger partial charge is 0.497 e. The number of anilines is 1. The molecule has 0 aliphatic heterocycles. The Labute approximate surface area is 235 Å². The number of halogens is 2. The van der Waals surface area contributed by atoms with Gasteiger partial charge < -0.3 is 19.7 Å². The highest BCUT2D eigenvalue weighted by molar-refractivity contribution is 7.92. The summed E-state index contributed by atoms with van der Waals surface area (Å²) in [6.45, 7) is 5.52. The van der Waals surface area contributed by atoms with Crippen LogP contribution >= 0.6 is 23.2 Å². The van der Waals surface area contributed by atoms with E-state index in [-0.39, 0.29) is 29.8 Å². The lowest BCUT2D eigenvalue weighted by atomic mass is 10.1. The maximum Gasteiger partial charge on any atom is 0.244 e. The van der Waals surface area contributed by atoms with E-state index in [9.17, 15) is 18.0 Å². The van der Waals surface area contributed by atoms with Crippen molar-refractivity contribution >= 4 is 50.7 Å². The number of benzene rings is 2. The minimum absolute atomic E-state index is 0.0325. The number of rotatable bonds is 13. The number of nitrogens with zero attached hydrogens (tertiary/aromatic N) is 2. The molecule has 0 saturated carbocycles. The molecule has 12 heteroatoms. The standard InChI is InChI=1S/C26H35Cl2N3O6S/c1-7-22(26(33)29-14-17(2)3)30(15-18-8-9-19(27)12-21(18)28)25(32)16-31(38(6,34)35)23-13-20(36-4)10-11-24(23)37-5/h8-13,17,22H,7,14-16H2,1-6H3,(H,29,33)/t22-/m1/s1. The van der Waals surface area contributed by atoms with Crippen LogP contribution in [0.25, 0.3) is 0 Å². The van der Waals surface area contributed by atoms with Gasteiger partial charge in [-0.05, 0) is 42.2 Å². The third-order valence-electron chi connectivity index (χ3n) is 5.76. The summed E-state index contributed by atoms with van der Waals surface area (Å²) < 4.78 is 37.4. The molecule has 1 N–H and O–H groups in total. The third kappa shape index (κ3) is 8.41. The van der Waals surface area contributed by atoms with Crippen molar-refractivity contribution in [2.24, 2.45) is 5.92 Å². The van der Waals surface area contributed by atoms with Crippen LogP contribution in [0.5, 0.6) is 11.5 Å². The van der Waals surface area contributed by atoms with Gasteiger partial charge in [0.15, 0.2) is 0 Å². The summed E-state index contributed by atoms with van der Waals surface area (Å²) in [6, 6.07) is 8.62. The van der Waals surface area contributed by atoms with Gasteiger partial charge in [-0.1, -0.05) is 50.0 Å². The Hall–Kier alpha value is -2.69. The summed E-state index contributed by atoms with van der Waals surface area (Å²) in [4.78, 5) is 28.4. The lowest BCUT2D eigenvalue weighted by molar-refractivity contribution is -0.140. The Bertz CT molecular complexity index is 1240.